The van der Waals surface area contributed by atoms with Crippen LogP contribution in [0.15, 0.2) is 30.6 Å². The second kappa shape index (κ2) is 6.57. The van der Waals surface area contributed by atoms with Crippen LogP contribution < -0.4 is 10.1 Å². The van der Waals surface area contributed by atoms with E-state index in [1.54, 1.807) is 0 Å². The molecule has 0 amide bonds. The highest BCUT2D eigenvalue weighted by atomic mass is 16.5. The molecule has 0 saturated carbocycles. The van der Waals surface area contributed by atoms with Crippen molar-refractivity contribution in [3.05, 3.63) is 47.5 Å². The van der Waals surface area contributed by atoms with Crippen molar-refractivity contribution in [3.8, 4) is 5.75 Å². The summed E-state index contributed by atoms with van der Waals surface area (Å²) in [5.74, 6) is 1.87. The van der Waals surface area contributed by atoms with Gasteiger partial charge in [-0.05, 0) is 33.9 Å². The lowest BCUT2D eigenvalue weighted by Gasteiger charge is -2.17. The monoisotopic (exact) mass is 273 g/mol. The molecule has 108 valence electrons. The summed E-state index contributed by atoms with van der Waals surface area (Å²) >= 11 is 0. The van der Waals surface area contributed by atoms with Gasteiger partial charge in [-0.1, -0.05) is 17.7 Å². The summed E-state index contributed by atoms with van der Waals surface area (Å²) in [5.41, 5.74) is 2.42. The molecular weight excluding hydrogens is 250 g/mol. The third kappa shape index (κ3) is 3.20. The van der Waals surface area contributed by atoms with Crippen molar-refractivity contribution in [3.63, 3.8) is 0 Å². The van der Waals surface area contributed by atoms with Crippen molar-refractivity contribution in [2.45, 2.75) is 40.0 Å². The Labute approximate surface area is 120 Å². The molecule has 0 bridgehead atoms. The molecule has 2 rings (SSSR count). The number of ether oxygens (including phenoxy) is 1. The largest absolute Gasteiger partial charge is 0.485 e. The van der Waals surface area contributed by atoms with Gasteiger partial charge in [-0.15, -0.1) is 0 Å². The molecule has 0 saturated heterocycles. The zero-order chi connectivity index (χ0) is 14.5. The van der Waals surface area contributed by atoms with E-state index < -0.39 is 0 Å². The Balaban J connectivity index is 2.17. The molecule has 2 aromatic rings. The molecule has 4 heteroatoms. The molecule has 1 heterocycles. The van der Waals surface area contributed by atoms with Crippen LogP contribution in [0.25, 0.3) is 0 Å². The highest BCUT2D eigenvalue weighted by Crippen LogP contribution is 2.26. The highest BCUT2D eigenvalue weighted by molar-refractivity contribution is 5.39. The molecule has 0 spiro atoms. The van der Waals surface area contributed by atoms with Crippen LogP contribution in [0.1, 0.15) is 36.8 Å². The summed E-state index contributed by atoms with van der Waals surface area (Å²) in [6.07, 6.45) is 3.79. The number of nitrogens with zero attached hydrogens (tertiary/aromatic N) is 2. The highest BCUT2D eigenvalue weighted by Gasteiger charge is 2.11. The minimum atomic E-state index is 0.260. The maximum absolute atomic E-state index is 5.98. The van der Waals surface area contributed by atoms with Gasteiger partial charge in [0, 0.05) is 30.5 Å². The Morgan fingerprint density at radius 3 is 2.90 bits per heavy atom. The Hall–Kier alpha value is -1.81. The van der Waals surface area contributed by atoms with E-state index in [0.29, 0.717) is 6.61 Å². The van der Waals surface area contributed by atoms with Crippen LogP contribution in [0.5, 0.6) is 5.75 Å². The van der Waals surface area contributed by atoms with Crippen molar-refractivity contribution in [1.29, 1.82) is 0 Å². The van der Waals surface area contributed by atoms with Gasteiger partial charge in [-0.3, -0.25) is 0 Å². The van der Waals surface area contributed by atoms with E-state index >= 15 is 0 Å². The van der Waals surface area contributed by atoms with Crippen LogP contribution in [-0.4, -0.2) is 16.6 Å². The molecule has 0 aliphatic rings. The van der Waals surface area contributed by atoms with E-state index in [0.717, 1.165) is 18.1 Å². The maximum atomic E-state index is 5.98. The van der Waals surface area contributed by atoms with Gasteiger partial charge in [0.15, 0.2) is 0 Å². The number of nitrogens with one attached hydrogen (secondary N) is 1. The average Bonchev–Trinajstić information content (AvgIpc) is 2.92. The van der Waals surface area contributed by atoms with Crippen LogP contribution in [0, 0.1) is 6.92 Å². The molecule has 1 N–H and O–H groups in total. The van der Waals surface area contributed by atoms with Gasteiger partial charge in [0.1, 0.15) is 18.2 Å². The first-order chi connectivity index (χ1) is 9.65. The van der Waals surface area contributed by atoms with E-state index in [9.17, 15) is 0 Å². The van der Waals surface area contributed by atoms with Crippen molar-refractivity contribution in [1.82, 2.24) is 14.9 Å². The molecule has 0 fully saturated rings. The predicted molar refractivity (Wildman–Crippen MR) is 80.9 cm³/mol. The molecular formula is C16H23N3O. The van der Waals surface area contributed by atoms with Crippen molar-refractivity contribution < 1.29 is 4.74 Å². The van der Waals surface area contributed by atoms with Gasteiger partial charge in [0.05, 0.1) is 0 Å². The Kier molecular flexibility index (Phi) is 4.79. The number of hydrogen-bond donors (Lipinski definition) is 1. The van der Waals surface area contributed by atoms with E-state index in [-0.39, 0.29) is 6.04 Å². The van der Waals surface area contributed by atoms with Crippen LogP contribution in [0.4, 0.5) is 0 Å². The minimum absolute atomic E-state index is 0.260. The Morgan fingerprint density at radius 2 is 2.20 bits per heavy atom. The quantitative estimate of drug-likeness (QED) is 0.879. The lowest BCUT2D eigenvalue weighted by molar-refractivity contribution is 0.284. The lowest BCUT2D eigenvalue weighted by atomic mass is 10.0. The molecule has 1 aromatic heterocycles. The van der Waals surface area contributed by atoms with Gasteiger partial charge in [-0.2, -0.15) is 0 Å². The zero-order valence-corrected chi connectivity index (χ0v) is 12.7. The third-order valence-electron chi connectivity index (χ3n) is 3.56. The van der Waals surface area contributed by atoms with Gasteiger partial charge < -0.3 is 14.6 Å². The number of imidazole rings is 1. The summed E-state index contributed by atoms with van der Waals surface area (Å²) in [7, 11) is 1.96. The standard InChI is InChI=1S/C16H23N3O/c1-5-19-9-8-18-16(19)11-20-15-7-6-12(2)10-14(15)13(3)17-4/h6-10,13,17H,5,11H2,1-4H3. The second-order valence-corrected chi connectivity index (χ2v) is 4.97. The molecule has 0 aliphatic carbocycles. The lowest BCUT2D eigenvalue weighted by Crippen LogP contribution is -2.14. The Morgan fingerprint density at radius 1 is 1.40 bits per heavy atom. The molecule has 4 nitrogen and oxygen atoms in total. The van der Waals surface area contributed by atoms with E-state index in [1.807, 2.05) is 25.5 Å². The first-order valence-corrected chi connectivity index (χ1v) is 7.06. The molecule has 1 aromatic carbocycles. The van der Waals surface area contributed by atoms with Crippen LogP contribution in [-0.2, 0) is 13.2 Å². The van der Waals surface area contributed by atoms with Gasteiger partial charge >= 0.3 is 0 Å². The van der Waals surface area contributed by atoms with Crippen molar-refractivity contribution in [2.24, 2.45) is 0 Å². The van der Waals surface area contributed by atoms with Gasteiger partial charge in [-0.25, -0.2) is 4.98 Å². The minimum Gasteiger partial charge on any atom is -0.485 e. The first-order valence-electron chi connectivity index (χ1n) is 7.06. The van der Waals surface area contributed by atoms with Gasteiger partial charge in [0.2, 0.25) is 0 Å². The predicted octanol–water partition coefficient (Wildman–Crippen LogP) is 3.07. The van der Waals surface area contributed by atoms with Crippen LogP contribution in [0.2, 0.25) is 0 Å². The zero-order valence-electron chi connectivity index (χ0n) is 12.7. The van der Waals surface area contributed by atoms with Crippen molar-refractivity contribution in [2.75, 3.05) is 7.05 Å². The summed E-state index contributed by atoms with van der Waals surface area (Å²) in [6, 6.07) is 6.55. The normalized spacial score (nSPS) is 12.4. The Bertz CT molecular complexity index is 563. The SMILES string of the molecule is CCn1ccnc1COc1ccc(C)cc1C(C)NC. The topological polar surface area (TPSA) is 39.1 Å². The average molecular weight is 273 g/mol. The fourth-order valence-electron chi connectivity index (χ4n) is 2.20. The van der Waals surface area contributed by atoms with Crippen LogP contribution in [0.3, 0.4) is 0 Å². The second-order valence-electron chi connectivity index (χ2n) is 4.97. The number of aryl methyl sites for hydroxylation is 2. The fraction of sp³-hybridized carbons (Fsp3) is 0.438. The number of hydrogen-bond acceptors (Lipinski definition) is 3. The first kappa shape index (κ1) is 14.6. The smallest absolute Gasteiger partial charge is 0.146 e. The van der Waals surface area contributed by atoms with E-state index in [4.69, 9.17) is 4.74 Å². The van der Waals surface area contributed by atoms with Gasteiger partial charge in [0.25, 0.3) is 0 Å². The summed E-state index contributed by atoms with van der Waals surface area (Å²) in [6.45, 7) is 7.74. The van der Waals surface area contributed by atoms with Crippen molar-refractivity contribution >= 4 is 0 Å². The summed E-state index contributed by atoms with van der Waals surface area (Å²) < 4.78 is 8.07. The molecule has 0 aliphatic heterocycles. The summed E-state index contributed by atoms with van der Waals surface area (Å²) in [4.78, 5) is 4.34. The molecule has 1 unspecified atom stereocenters. The number of benzene rings is 1. The van der Waals surface area contributed by atoms with E-state index in [1.165, 1.54) is 11.1 Å². The summed E-state index contributed by atoms with van der Waals surface area (Å²) in [5, 5.41) is 3.26. The molecule has 1 atom stereocenters. The van der Waals surface area contributed by atoms with E-state index in [2.05, 4.69) is 47.8 Å². The molecule has 0 radical (unpaired) electrons. The maximum Gasteiger partial charge on any atom is 0.146 e. The number of rotatable bonds is 6. The molecule has 20 heavy (non-hydrogen) atoms. The third-order valence-corrected chi connectivity index (χ3v) is 3.56. The van der Waals surface area contributed by atoms with Crippen LogP contribution >= 0.6 is 0 Å². The fourth-order valence-corrected chi connectivity index (χ4v) is 2.20. The number of aromatic nitrogens is 2.